The highest BCUT2D eigenvalue weighted by atomic mass is 16.2. The second-order valence-electron chi connectivity index (χ2n) is 17.3. The Balaban J connectivity index is 1.12. The minimum atomic E-state index is -0.207. The molecule has 0 fully saturated rings. The summed E-state index contributed by atoms with van der Waals surface area (Å²) in [6, 6.07) is 32.7. The summed E-state index contributed by atoms with van der Waals surface area (Å²) in [5.41, 5.74) is 8.54. The molecule has 61 heavy (non-hydrogen) atoms. The van der Waals surface area contributed by atoms with E-state index in [1.165, 1.54) is 9.80 Å². The van der Waals surface area contributed by atoms with Crippen molar-refractivity contribution in [3.05, 3.63) is 119 Å². The van der Waals surface area contributed by atoms with Gasteiger partial charge in [-0.1, -0.05) is 115 Å². The van der Waals surface area contributed by atoms with E-state index in [1.807, 2.05) is 60.7 Å². The topological polar surface area (TPSA) is 79.7 Å². The quantitative estimate of drug-likeness (QED) is 0.0966. The Labute approximate surface area is 358 Å². The standard InChI is InChI=1S/C54H55N3O4/c1-6-11-15-33(8-3)31-56-51(58)41-19-13-17-39-37(23-25-43(49(39)41)53(56)60)35-21-27-47-45(29-35)46-30-36(22-28-48(46)55(47)10-5)38-24-26-44-50-40(38)18-14-20-42(50)52(59)57(54(44)61)32-34(9-4)16-12-7-2/h13-14,17-30,33-34H,6-12,15-16,31-32H2,1-5H3. The molecule has 0 saturated carbocycles. The third-order valence-electron chi connectivity index (χ3n) is 13.8. The number of amides is 4. The Morgan fingerprint density at radius 2 is 0.836 bits per heavy atom. The van der Waals surface area contributed by atoms with Crippen molar-refractivity contribution in [3.8, 4) is 22.3 Å². The van der Waals surface area contributed by atoms with Crippen LogP contribution in [0, 0.1) is 11.8 Å². The van der Waals surface area contributed by atoms with Crippen LogP contribution in [0.1, 0.15) is 127 Å². The smallest absolute Gasteiger partial charge is 0.261 e. The maximum Gasteiger partial charge on any atom is 0.261 e. The molecule has 6 aromatic carbocycles. The van der Waals surface area contributed by atoms with Crippen LogP contribution in [0.25, 0.3) is 65.6 Å². The van der Waals surface area contributed by atoms with Gasteiger partial charge in [0.25, 0.3) is 23.6 Å². The molecule has 2 aliphatic rings. The van der Waals surface area contributed by atoms with Crippen LogP contribution in [0.3, 0.4) is 0 Å². The predicted molar refractivity (Wildman–Crippen MR) is 248 cm³/mol. The summed E-state index contributed by atoms with van der Waals surface area (Å²) < 4.78 is 2.33. The zero-order chi connectivity index (χ0) is 42.5. The fraction of sp³-hybridized carbons (Fsp3) is 0.333. The highest BCUT2D eigenvalue weighted by molar-refractivity contribution is 6.28. The van der Waals surface area contributed by atoms with E-state index in [4.69, 9.17) is 0 Å². The number of aryl methyl sites for hydroxylation is 1. The molecular formula is C54H55N3O4. The summed E-state index contributed by atoms with van der Waals surface area (Å²) in [7, 11) is 0. The molecule has 2 aliphatic heterocycles. The first-order valence-corrected chi connectivity index (χ1v) is 22.6. The van der Waals surface area contributed by atoms with Gasteiger partial charge in [-0.25, -0.2) is 0 Å². The van der Waals surface area contributed by atoms with Gasteiger partial charge >= 0.3 is 0 Å². The lowest BCUT2D eigenvalue weighted by Crippen LogP contribution is -2.43. The van der Waals surface area contributed by atoms with Crippen LogP contribution in [0.15, 0.2) is 97.1 Å². The number of fused-ring (bicyclic) bond motifs is 3. The third-order valence-corrected chi connectivity index (χ3v) is 13.8. The Morgan fingerprint density at radius 1 is 0.443 bits per heavy atom. The molecule has 0 radical (unpaired) electrons. The fourth-order valence-corrected chi connectivity index (χ4v) is 10.3. The Bertz CT molecular complexity index is 2680. The summed E-state index contributed by atoms with van der Waals surface area (Å²) in [6.45, 7) is 12.5. The van der Waals surface area contributed by atoms with Crippen molar-refractivity contribution >= 4 is 67.0 Å². The van der Waals surface area contributed by atoms with E-state index < -0.39 is 0 Å². The lowest BCUT2D eigenvalue weighted by atomic mass is 9.87. The van der Waals surface area contributed by atoms with Gasteiger partial charge in [0.05, 0.1) is 0 Å². The molecule has 3 heterocycles. The molecule has 0 saturated heterocycles. The number of carbonyl (C=O) groups excluding carboxylic acids is 4. The number of rotatable bonds is 15. The highest BCUT2D eigenvalue weighted by Crippen LogP contribution is 2.42. The molecule has 9 rings (SSSR count). The zero-order valence-electron chi connectivity index (χ0n) is 36.1. The van der Waals surface area contributed by atoms with E-state index >= 15 is 0 Å². The van der Waals surface area contributed by atoms with Gasteiger partial charge in [-0.15, -0.1) is 0 Å². The summed E-state index contributed by atoms with van der Waals surface area (Å²) in [6.07, 6.45) is 8.20. The predicted octanol–water partition coefficient (Wildman–Crippen LogP) is 13.1. The summed E-state index contributed by atoms with van der Waals surface area (Å²) in [5, 5.41) is 5.46. The summed E-state index contributed by atoms with van der Waals surface area (Å²) in [4.78, 5) is 59.1. The third kappa shape index (κ3) is 6.64. The molecule has 7 heteroatoms. The average molecular weight is 810 g/mol. The Morgan fingerprint density at radius 3 is 1.21 bits per heavy atom. The number of nitrogens with zero attached hydrogens (tertiary/aromatic N) is 3. The van der Waals surface area contributed by atoms with Crippen LogP contribution >= 0.6 is 0 Å². The number of benzene rings is 6. The van der Waals surface area contributed by atoms with E-state index in [9.17, 15) is 19.2 Å². The monoisotopic (exact) mass is 809 g/mol. The van der Waals surface area contributed by atoms with Gasteiger partial charge in [0.2, 0.25) is 0 Å². The van der Waals surface area contributed by atoms with Crippen molar-refractivity contribution in [3.63, 3.8) is 0 Å². The van der Waals surface area contributed by atoms with E-state index in [2.05, 4.69) is 75.6 Å². The summed E-state index contributed by atoms with van der Waals surface area (Å²) in [5.74, 6) is -0.263. The molecule has 0 spiro atoms. The molecule has 0 N–H and O–H groups in total. The van der Waals surface area contributed by atoms with Gasteiger partial charge in [0.15, 0.2) is 0 Å². The van der Waals surface area contributed by atoms with E-state index in [0.29, 0.717) is 35.3 Å². The van der Waals surface area contributed by atoms with Crippen LogP contribution in [-0.4, -0.2) is 51.1 Å². The minimum Gasteiger partial charge on any atom is -0.341 e. The molecule has 0 aliphatic carbocycles. The molecule has 2 atom stereocenters. The lowest BCUT2D eigenvalue weighted by molar-refractivity contribution is 0.0565. The first-order chi connectivity index (χ1) is 29.7. The van der Waals surface area contributed by atoms with Gasteiger partial charge in [-0.3, -0.25) is 29.0 Å². The van der Waals surface area contributed by atoms with Crippen LogP contribution in [0.5, 0.6) is 0 Å². The lowest BCUT2D eigenvalue weighted by Gasteiger charge is -2.30. The Hall–Kier alpha value is -6.08. The van der Waals surface area contributed by atoms with E-state index in [-0.39, 0.29) is 35.5 Å². The SMILES string of the molecule is CCCCC(CC)CN1C(=O)c2cccc3c(-c4ccc5c(c4)c4cc(-c6ccc7c8c(cccc68)C(=O)N(CC(CC)CCCC)C7=O)ccc4n5CC)ccc(c23)C1=O. The molecule has 310 valence electrons. The van der Waals surface area contributed by atoms with Crippen LogP contribution in [0.4, 0.5) is 0 Å². The number of imide groups is 2. The fourth-order valence-electron chi connectivity index (χ4n) is 10.3. The normalized spacial score (nSPS) is 15.0. The molecule has 7 aromatic rings. The van der Waals surface area contributed by atoms with Crippen molar-refractivity contribution in [2.24, 2.45) is 11.8 Å². The highest BCUT2D eigenvalue weighted by Gasteiger charge is 2.36. The molecule has 7 nitrogen and oxygen atoms in total. The van der Waals surface area contributed by atoms with Crippen LogP contribution < -0.4 is 0 Å². The molecule has 4 amide bonds. The second-order valence-corrected chi connectivity index (χ2v) is 17.3. The van der Waals surface area contributed by atoms with Gasteiger partial charge in [-0.2, -0.15) is 0 Å². The maximum atomic E-state index is 14.0. The maximum absolute atomic E-state index is 14.0. The first kappa shape index (κ1) is 40.3. The van der Waals surface area contributed by atoms with Crippen molar-refractivity contribution in [2.75, 3.05) is 13.1 Å². The largest absolute Gasteiger partial charge is 0.341 e. The number of aromatic nitrogens is 1. The van der Waals surface area contributed by atoms with Crippen molar-refractivity contribution < 1.29 is 19.2 Å². The van der Waals surface area contributed by atoms with E-state index in [1.54, 1.807) is 0 Å². The van der Waals surface area contributed by atoms with Crippen molar-refractivity contribution in [1.82, 2.24) is 14.4 Å². The number of carbonyl (C=O) groups is 4. The van der Waals surface area contributed by atoms with Gasteiger partial charge in [0.1, 0.15) is 0 Å². The van der Waals surface area contributed by atoms with E-state index in [0.717, 1.165) is 124 Å². The van der Waals surface area contributed by atoms with Gasteiger partial charge in [-0.05, 0) is 113 Å². The molecule has 2 unspecified atom stereocenters. The van der Waals surface area contributed by atoms with Crippen molar-refractivity contribution in [2.45, 2.75) is 92.5 Å². The van der Waals surface area contributed by atoms with Crippen molar-refractivity contribution in [1.29, 1.82) is 0 Å². The number of unbranched alkanes of at least 4 members (excludes halogenated alkanes) is 2. The molecule has 1 aromatic heterocycles. The first-order valence-electron chi connectivity index (χ1n) is 22.6. The molecular weight excluding hydrogens is 755 g/mol. The van der Waals surface area contributed by atoms with Gasteiger partial charge in [0, 0.05) is 74.5 Å². The zero-order valence-corrected chi connectivity index (χ0v) is 36.1. The summed E-state index contributed by atoms with van der Waals surface area (Å²) >= 11 is 0. The van der Waals surface area contributed by atoms with Crippen LogP contribution in [-0.2, 0) is 6.54 Å². The number of hydrogen-bond donors (Lipinski definition) is 0. The Kier molecular flexibility index (Phi) is 10.9. The van der Waals surface area contributed by atoms with Crippen LogP contribution in [0.2, 0.25) is 0 Å². The second kappa shape index (κ2) is 16.4. The average Bonchev–Trinajstić information content (AvgIpc) is 3.61. The van der Waals surface area contributed by atoms with Gasteiger partial charge < -0.3 is 4.57 Å². The number of hydrogen-bond acceptors (Lipinski definition) is 4. The minimum absolute atomic E-state index is 0.207. The molecule has 0 bridgehead atoms.